The monoisotopic (exact) mass is 502 g/mol. The van der Waals surface area contributed by atoms with Gasteiger partial charge in [-0.3, -0.25) is 4.98 Å². The van der Waals surface area contributed by atoms with E-state index in [0.29, 0.717) is 9.47 Å². The minimum atomic E-state index is -0.353. The van der Waals surface area contributed by atoms with Crippen LogP contribution in [0.2, 0.25) is 0 Å². The van der Waals surface area contributed by atoms with Crippen LogP contribution < -0.4 is 0 Å². The molecule has 1 unspecified atom stereocenters. The quantitative estimate of drug-likeness (QED) is 0.554. The van der Waals surface area contributed by atoms with Crippen LogP contribution in [-0.2, 0) is 9.47 Å². The summed E-state index contributed by atoms with van der Waals surface area (Å²) in [6.07, 6.45) is 3.78. The van der Waals surface area contributed by atoms with E-state index < -0.39 is 0 Å². The molecule has 1 N–H and O–H groups in total. The third-order valence-electron chi connectivity index (χ3n) is 1.46. The molecule has 17 heavy (non-hydrogen) atoms. The molecule has 2 nitrogen and oxygen atoms in total. The molecule has 0 aromatic carbocycles. The summed E-state index contributed by atoms with van der Waals surface area (Å²) in [5.41, 5.74) is 0.894. The van der Waals surface area contributed by atoms with E-state index in [2.05, 4.69) is 44.9 Å². The molecule has 1 heterocycles. The molecule has 1 atom stereocenters. The predicted molar refractivity (Wildman–Crippen MR) is 90.2 cm³/mol. The topological polar surface area (TPSA) is 33.1 Å². The maximum atomic E-state index is 9.29. The minimum absolute atomic E-state index is 0.353. The molecule has 0 saturated carbocycles. The molecule has 0 aliphatic carbocycles. The van der Waals surface area contributed by atoms with Crippen molar-refractivity contribution in [3.05, 3.63) is 30.1 Å². The van der Waals surface area contributed by atoms with Gasteiger partial charge in [-0.25, -0.2) is 0 Å². The molecule has 101 valence electrons. The predicted octanol–water partition coefficient (Wildman–Crippen LogP) is 5.35. The molecule has 0 radical (unpaired) electrons. The van der Waals surface area contributed by atoms with E-state index >= 15 is 0 Å². The van der Waals surface area contributed by atoms with Crippen molar-refractivity contribution < 1.29 is 14.6 Å². The van der Waals surface area contributed by atoms with Crippen molar-refractivity contribution in [2.24, 2.45) is 0 Å². The standard InChI is InChI=1S/C8H11NO.2C2H6.2HI.V/c1-2-8(10)7-4-3-5-9-6-7;2*1-2;;;/h3-6,8,10H,2H2,1H3;2*1-2H3;2*1H;/q;;;;;+2/p-2. The van der Waals surface area contributed by atoms with E-state index in [1.54, 1.807) is 12.4 Å². The van der Waals surface area contributed by atoms with Crippen LogP contribution in [0.15, 0.2) is 24.5 Å². The molecular weight excluding hydrogens is 479 g/mol. The Bertz CT molecular complexity index is 213. The van der Waals surface area contributed by atoms with Crippen LogP contribution in [0.4, 0.5) is 0 Å². The molecule has 5 heteroatoms. The molecule has 0 bridgehead atoms. The normalized spacial score (nSPS) is 9.18. The molecule has 0 spiro atoms. The van der Waals surface area contributed by atoms with Crippen LogP contribution in [0.1, 0.15) is 52.7 Å². The number of hydrogen-bond acceptors (Lipinski definition) is 2. The van der Waals surface area contributed by atoms with Gasteiger partial charge in [-0.15, -0.1) is 0 Å². The number of rotatable bonds is 2. The van der Waals surface area contributed by atoms with Crippen molar-refractivity contribution in [1.82, 2.24) is 4.98 Å². The molecule has 1 aromatic heterocycles. The average Bonchev–Trinajstić information content (AvgIpc) is 2.44. The number of nitrogens with zero attached hydrogens (tertiary/aromatic N) is 1. The van der Waals surface area contributed by atoms with Crippen LogP contribution in [0.3, 0.4) is 0 Å². The summed E-state index contributed by atoms with van der Waals surface area (Å²) >= 11 is 4.74. The van der Waals surface area contributed by atoms with Gasteiger partial charge in [0.2, 0.25) is 0 Å². The second-order valence-corrected chi connectivity index (χ2v) is 14.1. The summed E-state index contributed by atoms with van der Waals surface area (Å²) in [6, 6.07) is 3.70. The van der Waals surface area contributed by atoms with Gasteiger partial charge in [-0.2, -0.15) is 0 Å². The van der Waals surface area contributed by atoms with Crippen molar-refractivity contribution in [1.29, 1.82) is 0 Å². The van der Waals surface area contributed by atoms with E-state index in [1.807, 2.05) is 46.8 Å². The van der Waals surface area contributed by atoms with E-state index in [-0.39, 0.29) is 6.10 Å². The molecule has 0 amide bonds. The van der Waals surface area contributed by atoms with E-state index in [1.165, 1.54) is 0 Å². The Morgan fingerprint density at radius 1 is 1.29 bits per heavy atom. The van der Waals surface area contributed by atoms with Crippen LogP contribution in [-0.4, -0.2) is 10.1 Å². The first-order valence-corrected chi connectivity index (χ1v) is 14.8. The SMILES string of the molecule is CC.CC.CCC(O)c1cccnc1.[I][V][I]. The Labute approximate surface area is 135 Å². The molecule has 1 aromatic rings. The molecule has 1 rings (SSSR count). The summed E-state index contributed by atoms with van der Waals surface area (Å²) in [6.45, 7) is 9.94. The summed E-state index contributed by atoms with van der Waals surface area (Å²) in [5, 5.41) is 9.29. The fourth-order valence-electron chi connectivity index (χ4n) is 0.809. The molecule has 0 fully saturated rings. The van der Waals surface area contributed by atoms with Crippen molar-refractivity contribution in [2.75, 3.05) is 0 Å². The summed E-state index contributed by atoms with van der Waals surface area (Å²) in [7, 11) is 0.628. The van der Waals surface area contributed by atoms with Gasteiger partial charge >= 0.3 is 49.4 Å². The zero-order valence-corrected chi connectivity index (χ0v) is 16.9. The van der Waals surface area contributed by atoms with Gasteiger partial charge in [0, 0.05) is 12.4 Å². The molecular formula is C12H23I2NOV. The van der Waals surface area contributed by atoms with Gasteiger partial charge in [0.1, 0.15) is 0 Å². The van der Waals surface area contributed by atoms with Crippen LogP contribution in [0, 0.1) is 0 Å². The third-order valence-corrected chi connectivity index (χ3v) is 1.46. The number of hydrogen-bond donors (Lipinski definition) is 1. The van der Waals surface area contributed by atoms with Crippen molar-refractivity contribution in [3.63, 3.8) is 0 Å². The summed E-state index contributed by atoms with van der Waals surface area (Å²) in [5.74, 6) is 0. The van der Waals surface area contributed by atoms with E-state index in [9.17, 15) is 5.11 Å². The number of aromatic nitrogens is 1. The van der Waals surface area contributed by atoms with Crippen molar-refractivity contribution >= 4 is 40.0 Å². The number of aliphatic hydroxyl groups excluding tert-OH is 1. The second-order valence-electron chi connectivity index (χ2n) is 2.27. The van der Waals surface area contributed by atoms with E-state index in [4.69, 9.17) is 0 Å². The van der Waals surface area contributed by atoms with Crippen molar-refractivity contribution in [3.8, 4) is 0 Å². The van der Waals surface area contributed by atoms with Gasteiger partial charge in [0.15, 0.2) is 0 Å². The maximum absolute atomic E-state index is 9.29. The van der Waals surface area contributed by atoms with Crippen LogP contribution in [0.5, 0.6) is 0 Å². The third kappa shape index (κ3) is 17.2. The van der Waals surface area contributed by atoms with Gasteiger partial charge in [0.25, 0.3) is 0 Å². The Morgan fingerprint density at radius 2 is 1.76 bits per heavy atom. The number of aliphatic hydroxyl groups is 1. The first-order chi connectivity index (χ1) is 8.26. The van der Waals surface area contributed by atoms with Gasteiger partial charge in [-0.05, 0) is 18.1 Å². The van der Waals surface area contributed by atoms with Gasteiger partial charge in [0.05, 0.1) is 6.10 Å². The fraction of sp³-hybridized carbons (Fsp3) is 0.583. The first kappa shape index (κ1) is 23.3. The second kappa shape index (κ2) is 22.3. The number of halogens is 2. The Morgan fingerprint density at radius 3 is 2.06 bits per heavy atom. The van der Waals surface area contributed by atoms with Crippen LogP contribution in [0.25, 0.3) is 0 Å². The van der Waals surface area contributed by atoms with Crippen LogP contribution >= 0.6 is 40.0 Å². The zero-order valence-electron chi connectivity index (χ0n) is 11.2. The van der Waals surface area contributed by atoms with Gasteiger partial charge < -0.3 is 5.11 Å². The molecule has 0 aliphatic rings. The Kier molecular flexibility index (Phi) is 30.6. The van der Waals surface area contributed by atoms with Crippen molar-refractivity contribution in [2.45, 2.75) is 47.1 Å². The fourth-order valence-corrected chi connectivity index (χ4v) is 0.809. The average molecular weight is 502 g/mol. The molecule has 0 aliphatic heterocycles. The molecule has 0 saturated heterocycles. The number of pyridine rings is 1. The Balaban J connectivity index is -0.000000239. The summed E-state index contributed by atoms with van der Waals surface area (Å²) in [4.78, 5) is 3.89. The zero-order chi connectivity index (χ0) is 14.1. The first-order valence-electron chi connectivity index (χ1n) is 5.76. The summed E-state index contributed by atoms with van der Waals surface area (Å²) < 4.78 is 0. The van der Waals surface area contributed by atoms with Gasteiger partial charge in [-0.1, -0.05) is 40.7 Å². The van der Waals surface area contributed by atoms with E-state index in [0.717, 1.165) is 12.0 Å². The Hall–Kier alpha value is 1.15.